The molecule has 0 fully saturated rings. The highest BCUT2D eigenvalue weighted by molar-refractivity contribution is 14.1. The molecule has 0 amide bonds. The maximum Gasteiger partial charge on any atom is 0.387 e. The number of nitrogens with zero attached hydrogens (tertiary/aromatic N) is 2. The van der Waals surface area contributed by atoms with E-state index in [4.69, 9.17) is 10.5 Å². The minimum Gasteiger partial charge on any atom is -0.493 e. The quantitative estimate of drug-likeness (QED) is 0.810. The van der Waals surface area contributed by atoms with E-state index in [1.165, 1.54) is 19.2 Å². The predicted octanol–water partition coefficient (Wildman–Crippen LogP) is 2.94. The molecule has 0 saturated carbocycles. The van der Waals surface area contributed by atoms with Crippen molar-refractivity contribution in [2.24, 2.45) is 0 Å². The number of nitrogens with two attached hydrogens (primary N) is 1. The zero-order chi connectivity index (χ0) is 14.7. The zero-order valence-corrected chi connectivity index (χ0v) is 12.5. The highest BCUT2D eigenvalue weighted by Crippen LogP contribution is 2.32. The number of rotatable bonds is 4. The van der Waals surface area contributed by atoms with Gasteiger partial charge in [0.25, 0.3) is 0 Å². The van der Waals surface area contributed by atoms with Gasteiger partial charge in [0.05, 0.1) is 10.7 Å². The van der Waals surface area contributed by atoms with Crippen LogP contribution in [0.15, 0.2) is 24.4 Å². The van der Waals surface area contributed by atoms with Crippen molar-refractivity contribution in [3.05, 3.63) is 28.0 Å². The summed E-state index contributed by atoms with van der Waals surface area (Å²) in [6.07, 6.45) is 1.55. The van der Waals surface area contributed by atoms with E-state index in [9.17, 15) is 8.78 Å². The summed E-state index contributed by atoms with van der Waals surface area (Å²) in [4.78, 5) is 8.20. The molecule has 0 atom stereocenters. The second-order valence-corrected chi connectivity index (χ2v) is 4.83. The molecule has 1 heterocycles. The molecule has 1 aromatic heterocycles. The Bertz CT molecular complexity index is 626. The highest BCUT2D eigenvalue weighted by atomic mass is 127. The Labute approximate surface area is 127 Å². The summed E-state index contributed by atoms with van der Waals surface area (Å²) in [6.45, 7) is -2.94. The van der Waals surface area contributed by atoms with E-state index >= 15 is 0 Å². The van der Waals surface area contributed by atoms with Gasteiger partial charge in [0.15, 0.2) is 17.3 Å². The van der Waals surface area contributed by atoms with E-state index in [1.54, 1.807) is 12.3 Å². The van der Waals surface area contributed by atoms with Crippen molar-refractivity contribution < 1.29 is 18.3 Å². The second-order valence-electron chi connectivity index (χ2n) is 3.67. The summed E-state index contributed by atoms with van der Waals surface area (Å²) in [6, 6.07) is 4.52. The molecule has 2 N–H and O–H groups in total. The zero-order valence-electron chi connectivity index (χ0n) is 10.3. The van der Waals surface area contributed by atoms with Gasteiger partial charge in [-0.25, -0.2) is 9.97 Å². The van der Waals surface area contributed by atoms with Gasteiger partial charge in [0.1, 0.15) is 5.82 Å². The fourth-order valence-corrected chi connectivity index (χ4v) is 1.78. The minimum atomic E-state index is -2.94. The molecule has 5 nitrogen and oxygen atoms in total. The lowest BCUT2D eigenvalue weighted by atomic mass is 10.2. The van der Waals surface area contributed by atoms with Crippen molar-refractivity contribution in [1.29, 1.82) is 0 Å². The Morgan fingerprint density at radius 2 is 2.05 bits per heavy atom. The normalized spacial score (nSPS) is 10.7. The van der Waals surface area contributed by atoms with E-state index < -0.39 is 6.61 Å². The van der Waals surface area contributed by atoms with Crippen LogP contribution in [0.1, 0.15) is 0 Å². The Morgan fingerprint density at radius 3 is 2.65 bits per heavy atom. The Kier molecular flexibility index (Phi) is 4.53. The van der Waals surface area contributed by atoms with Crippen LogP contribution in [-0.2, 0) is 0 Å². The molecule has 8 heteroatoms. The first-order valence-electron chi connectivity index (χ1n) is 5.42. The number of aromatic nitrogens is 2. The number of halogens is 3. The van der Waals surface area contributed by atoms with Crippen molar-refractivity contribution >= 4 is 28.4 Å². The van der Waals surface area contributed by atoms with Crippen molar-refractivity contribution in [2.75, 3.05) is 12.8 Å². The average molecular weight is 393 g/mol. The van der Waals surface area contributed by atoms with Crippen molar-refractivity contribution in [2.45, 2.75) is 6.61 Å². The SMILES string of the molecule is COc1ccc(-c2ncc(I)c(N)n2)cc1OC(F)F. The smallest absolute Gasteiger partial charge is 0.387 e. The van der Waals surface area contributed by atoms with Crippen LogP contribution in [0.4, 0.5) is 14.6 Å². The van der Waals surface area contributed by atoms with Gasteiger partial charge in [0, 0.05) is 11.8 Å². The van der Waals surface area contributed by atoms with Gasteiger partial charge in [0.2, 0.25) is 0 Å². The molecule has 0 radical (unpaired) electrons. The third-order valence-electron chi connectivity index (χ3n) is 2.41. The number of hydrogen-bond donors (Lipinski definition) is 1. The standard InChI is InChI=1S/C12H10F2IN3O2/c1-19-8-3-2-6(4-9(8)20-12(13)14)11-17-5-7(15)10(16)18-11/h2-5,12H,1H3,(H2,16,17,18). The minimum absolute atomic E-state index is 0.0827. The number of nitrogen functional groups attached to an aromatic ring is 1. The summed E-state index contributed by atoms with van der Waals surface area (Å²) in [5.74, 6) is 0.765. The largest absolute Gasteiger partial charge is 0.493 e. The summed E-state index contributed by atoms with van der Waals surface area (Å²) < 4.78 is 34.8. The van der Waals surface area contributed by atoms with E-state index in [0.717, 1.165) is 0 Å². The maximum absolute atomic E-state index is 12.4. The lowest BCUT2D eigenvalue weighted by molar-refractivity contribution is -0.0511. The van der Waals surface area contributed by atoms with Gasteiger partial charge >= 0.3 is 6.61 Å². The lowest BCUT2D eigenvalue weighted by Gasteiger charge is -2.11. The summed E-state index contributed by atoms with van der Waals surface area (Å²) in [5, 5.41) is 0. The molecular weight excluding hydrogens is 383 g/mol. The van der Waals surface area contributed by atoms with Gasteiger partial charge in [-0.05, 0) is 40.8 Å². The number of benzene rings is 1. The predicted molar refractivity (Wildman–Crippen MR) is 77.8 cm³/mol. The van der Waals surface area contributed by atoms with Crippen LogP contribution in [0.5, 0.6) is 11.5 Å². The first kappa shape index (κ1) is 14.7. The second kappa shape index (κ2) is 6.16. The first-order valence-corrected chi connectivity index (χ1v) is 6.50. The molecule has 1 aromatic carbocycles. The topological polar surface area (TPSA) is 70.3 Å². The van der Waals surface area contributed by atoms with Crippen LogP contribution < -0.4 is 15.2 Å². The highest BCUT2D eigenvalue weighted by Gasteiger charge is 2.13. The maximum atomic E-state index is 12.4. The monoisotopic (exact) mass is 393 g/mol. The molecule has 2 rings (SSSR count). The molecule has 0 spiro atoms. The van der Waals surface area contributed by atoms with Crippen LogP contribution >= 0.6 is 22.6 Å². The van der Waals surface area contributed by atoms with Crippen LogP contribution in [-0.4, -0.2) is 23.7 Å². The molecule has 2 aromatic rings. The van der Waals surface area contributed by atoms with Gasteiger partial charge < -0.3 is 15.2 Å². The molecule has 0 aliphatic rings. The van der Waals surface area contributed by atoms with Gasteiger partial charge in [-0.3, -0.25) is 0 Å². The van der Waals surface area contributed by atoms with E-state index in [2.05, 4.69) is 14.7 Å². The third-order valence-corrected chi connectivity index (χ3v) is 3.24. The van der Waals surface area contributed by atoms with Crippen molar-refractivity contribution in [1.82, 2.24) is 9.97 Å². The van der Waals surface area contributed by atoms with E-state index in [0.29, 0.717) is 20.8 Å². The molecular formula is C12H10F2IN3O2. The van der Waals surface area contributed by atoms with Gasteiger partial charge in [-0.2, -0.15) is 8.78 Å². The Morgan fingerprint density at radius 1 is 1.30 bits per heavy atom. The van der Waals surface area contributed by atoms with Crippen LogP contribution in [0.3, 0.4) is 0 Å². The number of alkyl halides is 2. The fourth-order valence-electron chi connectivity index (χ4n) is 1.52. The van der Waals surface area contributed by atoms with E-state index in [1.807, 2.05) is 22.6 Å². The molecule has 0 bridgehead atoms. The van der Waals surface area contributed by atoms with Crippen molar-refractivity contribution in [3.8, 4) is 22.9 Å². The Balaban J connectivity index is 2.44. The molecule has 0 saturated heterocycles. The fraction of sp³-hybridized carbons (Fsp3) is 0.167. The van der Waals surface area contributed by atoms with Crippen molar-refractivity contribution in [3.63, 3.8) is 0 Å². The van der Waals surface area contributed by atoms with Gasteiger partial charge in [-0.1, -0.05) is 0 Å². The first-order chi connectivity index (χ1) is 9.51. The summed E-state index contributed by atoms with van der Waals surface area (Å²) in [7, 11) is 1.37. The number of hydrogen-bond acceptors (Lipinski definition) is 5. The molecule has 20 heavy (non-hydrogen) atoms. The molecule has 106 valence electrons. The van der Waals surface area contributed by atoms with E-state index in [-0.39, 0.29) is 11.5 Å². The molecule has 0 aliphatic carbocycles. The van der Waals surface area contributed by atoms with Gasteiger partial charge in [-0.15, -0.1) is 0 Å². The molecule has 0 unspecified atom stereocenters. The average Bonchev–Trinajstić information content (AvgIpc) is 2.41. The summed E-state index contributed by atoms with van der Waals surface area (Å²) in [5.41, 5.74) is 6.20. The Hall–Kier alpha value is -1.71. The lowest BCUT2D eigenvalue weighted by Crippen LogP contribution is -2.04. The van der Waals surface area contributed by atoms with Crippen LogP contribution in [0.2, 0.25) is 0 Å². The number of methoxy groups -OCH3 is 1. The molecule has 0 aliphatic heterocycles. The third kappa shape index (κ3) is 3.24. The number of ether oxygens (including phenoxy) is 2. The van der Waals surface area contributed by atoms with Crippen LogP contribution in [0, 0.1) is 3.57 Å². The number of anilines is 1. The van der Waals surface area contributed by atoms with Crippen LogP contribution in [0.25, 0.3) is 11.4 Å². The summed E-state index contributed by atoms with van der Waals surface area (Å²) >= 11 is 2.00.